The number of fused-ring (bicyclic) bond motifs is 1. The Labute approximate surface area is 154 Å². The number of hydrogen-bond donors (Lipinski definition) is 3. The number of nitrogens with zero attached hydrogens (tertiary/aromatic N) is 3. The summed E-state index contributed by atoms with van der Waals surface area (Å²) in [4.78, 5) is 15.7. The molecular weight excluding hydrogens is 359 g/mol. The highest BCUT2D eigenvalue weighted by atomic mass is 35.5. The fourth-order valence-corrected chi connectivity index (χ4v) is 3.71. The lowest BCUT2D eigenvalue weighted by Gasteiger charge is -2.31. The first kappa shape index (κ1) is 17.3. The van der Waals surface area contributed by atoms with Crippen LogP contribution in [0.15, 0.2) is 24.7 Å². The van der Waals surface area contributed by atoms with Gasteiger partial charge in [0, 0.05) is 23.3 Å². The summed E-state index contributed by atoms with van der Waals surface area (Å²) in [6, 6.07) is 1.75. The van der Waals surface area contributed by atoms with E-state index in [-0.39, 0.29) is 18.0 Å². The smallest absolute Gasteiger partial charge is 0.163 e. The van der Waals surface area contributed by atoms with Gasteiger partial charge in [-0.3, -0.25) is 0 Å². The molecule has 0 bridgehead atoms. The van der Waals surface area contributed by atoms with Crippen LogP contribution >= 0.6 is 11.6 Å². The van der Waals surface area contributed by atoms with Crippen LogP contribution in [-0.2, 0) is 6.42 Å². The molecule has 3 aromatic rings. The number of halogens is 2. The van der Waals surface area contributed by atoms with Crippen molar-refractivity contribution in [2.75, 3.05) is 0 Å². The highest BCUT2D eigenvalue weighted by Crippen LogP contribution is 2.30. The van der Waals surface area contributed by atoms with Crippen LogP contribution in [0.4, 0.5) is 4.39 Å². The van der Waals surface area contributed by atoms with Gasteiger partial charge in [0.2, 0.25) is 0 Å². The van der Waals surface area contributed by atoms with Gasteiger partial charge in [-0.25, -0.2) is 19.3 Å². The maximum absolute atomic E-state index is 14.3. The van der Waals surface area contributed by atoms with Crippen molar-refractivity contribution >= 4 is 22.6 Å². The largest absolute Gasteiger partial charge is 0.390 e. The monoisotopic (exact) mass is 376 g/mol. The van der Waals surface area contributed by atoms with Gasteiger partial charge in [-0.1, -0.05) is 18.0 Å². The van der Waals surface area contributed by atoms with Gasteiger partial charge >= 0.3 is 0 Å². The molecule has 0 aromatic carbocycles. The molecule has 1 aliphatic carbocycles. The van der Waals surface area contributed by atoms with Gasteiger partial charge in [-0.05, 0) is 31.2 Å². The summed E-state index contributed by atoms with van der Waals surface area (Å²) in [6.07, 6.45) is 5.11. The van der Waals surface area contributed by atoms with Crippen LogP contribution in [0.1, 0.15) is 25.0 Å². The Morgan fingerprint density at radius 1 is 1.23 bits per heavy atom. The number of nitrogens with one attached hydrogen (secondary N) is 1. The molecule has 0 spiro atoms. The molecule has 3 heterocycles. The van der Waals surface area contributed by atoms with E-state index < -0.39 is 18.0 Å². The second-order valence-electron chi connectivity index (χ2n) is 6.69. The molecule has 0 saturated heterocycles. The fourth-order valence-electron chi connectivity index (χ4n) is 3.55. The molecule has 1 saturated carbocycles. The van der Waals surface area contributed by atoms with Crippen LogP contribution in [0.25, 0.3) is 22.4 Å². The van der Waals surface area contributed by atoms with Crippen molar-refractivity contribution in [2.45, 2.75) is 37.9 Å². The topological polar surface area (TPSA) is 94.9 Å². The molecule has 3 aromatic heterocycles. The molecule has 8 heteroatoms. The minimum atomic E-state index is -0.863. The normalized spacial score (nSPS) is 23.5. The maximum Gasteiger partial charge on any atom is 0.163 e. The van der Waals surface area contributed by atoms with Crippen molar-refractivity contribution in [1.82, 2.24) is 19.9 Å². The first-order valence-corrected chi connectivity index (χ1v) is 8.91. The number of aliphatic hydroxyl groups excluding tert-OH is 2. The van der Waals surface area contributed by atoms with E-state index in [1.165, 1.54) is 6.20 Å². The Kier molecular flexibility index (Phi) is 4.60. The molecule has 0 aliphatic heterocycles. The van der Waals surface area contributed by atoms with Crippen molar-refractivity contribution in [3.8, 4) is 11.4 Å². The third-order valence-corrected chi connectivity index (χ3v) is 5.17. The fraction of sp³-hybridized carbons (Fsp3) is 0.389. The Bertz CT molecular complexity index is 948. The third kappa shape index (κ3) is 3.18. The molecule has 1 aliphatic rings. The van der Waals surface area contributed by atoms with Crippen molar-refractivity contribution in [2.24, 2.45) is 5.92 Å². The number of aromatic nitrogens is 4. The van der Waals surface area contributed by atoms with Gasteiger partial charge in [0.15, 0.2) is 11.6 Å². The lowest BCUT2D eigenvalue weighted by Crippen LogP contribution is -2.38. The molecule has 0 unspecified atom stereocenters. The van der Waals surface area contributed by atoms with Crippen LogP contribution < -0.4 is 0 Å². The molecule has 6 nitrogen and oxygen atoms in total. The average molecular weight is 377 g/mol. The first-order chi connectivity index (χ1) is 12.5. The number of pyridine rings is 1. The predicted octanol–water partition coefficient (Wildman–Crippen LogP) is 2.88. The van der Waals surface area contributed by atoms with E-state index in [0.29, 0.717) is 28.5 Å². The highest BCUT2D eigenvalue weighted by molar-refractivity contribution is 6.31. The second kappa shape index (κ2) is 6.90. The van der Waals surface area contributed by atoms with E-state index in [9.17, 15) is 14.6 Å². The van der Waals surface area contributed by atoms with Crippen LogP contribution in [0.2, 0.25) is 5.02 Å². The summed E-state index contributed by atoms with van der Waals surface area (Å²) >= 11 is 6.02. The van der Waals surface area contributed by atoms with E-state index >= 15 is 0 Å². The summed E-state index contributed by atoms with van der Waals surface area (Å²) < 4.78 is 14.3. The van der Waals surface area contributed by atoms with E-state index in [4.69, 9.17) is 11.6 Å². The van der Waals surface area contributed by atoms with Crippen molar-refractivity contribution in [1.29, 1.82) is 0 Å². The van der Waals surface area contributed by atoms with E-state index in [1.807, 2.05) is 0 Å². The Morgan fingerprint density at radius 3 is 2.92 bits per heavy atom. The highest BCUT2D eigenvalue weighted by Gasteiger charge is 2.31. The van der Waals surface area contributed by atoms with Gasteiger partial charge < -0.3 is 15.2 Å². The minimum absolute atomic E-state index is 0.227. The molecule has 26 heavy (non-hydrogen) atoms. The van der Waals surface area contributed by atoms with E-state index in [1.54, 1.807) is 12.3 Å². The maximum atomic E-state index is 14.3. The van der Waals surface area contributed by atoms with Crippen LogP contribution in [-0.4, -0.2) is 42.4 Å². The molecule has 3 N–H and O–H groups in total. The zero-order valence-corrected chi connectivity index (χ0v) is 14.6. The Balaban J connectivity index is 1.68. The van der Waals surface area contributed by atoms with Crippen LogP contribution in [0.5, 0.6) is 0 Å². The third-order valence-electron chi connectivity index (χ3n) is 4.96. The van der Waals surface area contributed by atoms with Crippen LogP contribution in [0, 0.1) is 11.7 Å². The lowest BCUT2D eigenvalue weighted by atomic mass is 9.82. The van der Waals surface area contributed by atoms with Gasteiger partial charge in [-0.2, -0.15) is 0 Å². The van der Waals surface area contributed by atoms with Crippen LogP contribution in [0.3, 0.4) is 0 Å². The standard InChI is InChI=1S/C18H18ClFN4O2/c19-10-5-11-12(7-22-17(11)21-6-10)18-23-8-13(20)14(24-18)4-9-2-1-3-15(25)16(9)26/h5-9,15-16,25-26H,1-4H2,(H,21,22)/t9-,15+,16+/m0/s1. The Hall–Kier alpha value is -2.09. The second-order valence-corrected chi connectivity index (χ2v) is 7.13. The molecule has 0 radical (unpaired) electrons. The Morgan fingerprint density at radius 2 is 2.08 bits per heavy atom. The average Bonchev–Trinajstić information content (AvgIpc) is 3.04. The zero-order valence-electron chi connectivity index (χ0n) is 13.9. The van der Waals surface area contributed by atoms with Gasteiger partial charge in [0.1, 0.15) is 5.65 Å². The van der Waals surface area contributed by atoms with Gasteiger partial charge in [-0.15, -0.1) is 0 Å². The summed E-state index contributed by atoms with van der Waals surface area (Å²) in [5, 5.41) is 21.3. The van der Waals surface area contributed by atoms with Gasteiger partial charge in [0.05, 0.1) is 29.1 Å². The molecule has 0 amide bonds. The summed E-state index contributed by atoms with van der Waals surface area (Å²) in [7, 11) is 0. The lowest BCUT2D eigenvalue weighted by molar-refractivity contribution is -0.0447. The number of hydrogen-bond acceptors (Lipinski definition) is 5. The minimum Gasteiger partial charge on any atom is -0.390 e. The van der Waals surface area contributed by atoms with E-state index in [2.05, 4.69) is 19.9 Å². The SMILES string of the molecule is O[C@@H]1[C@H](Cc2nc(-c3c[nH]c4ncc(Cl)cc34)ncc2F)CCC[C@H]1O. The van der Waals surface area contributed by atoms with Crippen molar-refractivity contribution < 1.29 is 14.6 Å². The summed E-state index contributed by atoms with van der Waals surface area (Å²) in [5.74, 6) is -0.380. The number of rotatable bonds is 3. The number of H-pyrrole nitrogens is 1. The molecular formula is C18H18ClFN4O2. The summed E-state index contributed by atoms with van der Waals surface area (Å²) in [6.45, 7) is 0. The molecule has 3 atom stereocenters. The zero-order chi connectivity index (χ0) is 18.3. The van der Waals surface area contributed by atoms with Crippen molar-refractivity contribution in [3.63, 3.8) is 0 Å². The summed E-state index contributed by atoms with van der Waals surface area (Å²) in [5.41, 5.74) is 1.56. The van der Waals surface area contributed by atoms with E-state index in [0.717, 1.165) is 24.4 Å². The van der Waals surface area contributed by atoms with Gasteiger partial charge in [0.25, 0.3) is 0 Å². The quantitative estimate of drug-likeness (QED) is 0.653. The number of aromatic amines is 1. The first-order valence-electron chi connectivity index (χ1n) is 8.53. The number of aliphatic hydroxyl groups is 2. The van der Waals surface area contributed by atoms with Crippen molar-refractivity contribution in [3.05, 3.63) is 41.2 Å². The molecule has 136 valence electrons. The molecule has 4 rings (SSSR count). The molecule has 1 fully saturated rings. The predicted molar refractivity (Wildman–Crippen MR) is 95.1 cm³/mol.